The lowest BCUT2D eigenvalue weighted by molar-refractivity contribution is 0.0627. The molecule has 8 nitrogen and oxygen atoms in total. The Labute approximate surface area is 161 Å². The smallest absolute Gasteiger partial charge is 0.271 e. The zero-order valence-electron chi connectivity index (χ0n) is 15.3. The SMILES string of the molecule is O=C(c1ccn[nH]1)N1CCCC2(CCc3c2nc(-c2cccnc2)[nH]c3=O)C1. The lowest BCUT2D eigenvalue weighted by Gasteiger charge is -2.40. The minimum Gasteiger partial charge on any atom is -0.336 e. The highest BCUT2D eigenvalue weighted by Gasteiger charge is 2.45. The fraction of sp³-hybridized carbons (Fsp3) is 0.350. The number of likely N-dealkylation sites (tertiary alicyclic amines) is 1. The zero-order chi connectivity index (χ0) is 19.1. The van der Waals surface area contributed by atoms with Gasteiger partial charge in [0.05, 0.1) is 5.69 Å². The molecule has 28 heavy (non-hydrogen) atoms. The Morgan fingerprint density at radius 2 is 2.14 bits per heavy atom. The summed E-state index contributed by atoms with van der Waals surface area (Å²) < 4.78 is 0. The summed E-state index contributed by atoms with van der Waals surface area (Å²) in [6.45, 7) is 1.27. The summed E-state index contributed by atoms with van der Waals surface area (Å²) in [6.07, 6.45) is 8.31. The fourth-order valence-corrected chi connectivity index (χ4v) is 4.54. The van der Waals surface area contributed by atoms with E-state index < -0.39 is 0 Å². The molecule has 1 saturated heterocycles. The first-order valence-corrected chi connectivity index (χ1v) is 9.49. The van der Waals surface area contributed by atoms with Crippen LogP contribution in [-0.2, 0) is 11.8 Å². The molecule has 5 rings (SSSR count). The molecule has 1 unspecified atom stereocenters. The summed E-state index contributed by atoms with van der Waals surface area (Å²) in [4.78, 5) is 39.3. The normalized spacial score (nSPS) is 21.1. The lowest BCUT2D eigenvalue weighted by atomic mass is 9.77. The predicted molar refractivity (Wildman–Crippen MR) is 102 cm³/mol. The van der Waals surface area contributed by atoms with Crippen LogP contribution in [0.1, 0.15) is 41.0 Å². The molecule has 8 heteroatoms. The molecule has 1 spiro atoms. The van der Waals surface area contributed by atoms with Crippen molar-refractivity contribution in [2.45, 2.75) is 31.1 Å². The van der Waals surface area contributed by atoms with Crippen molar-refractivity contribution in [2.75, 3.05) is 13.1 Å². The van der Waals surface area contributed by atoms with Gasteiger partial charge in [0.15, 0.2) is 0 Å². The second-order valence-electron chi connectivity index (χ2n) is 7.56. The number of hydrogen-bond acceptors (Lipinski definition) is 5. The molecule has 1 atom stereocenters. The van der Waals surface area contributed by atoms with E-state index in [1.54, 1.807) is 24.7 Å². The molecule has 3 aromatic heterocycles. The maximum absolute atomic E-state index is 12.8. The van der Waals surface area contributed by atoms with E-state index >= 15 is 0 Å². The van der Waals surface area contributed by atoms with Crippen LogP contribution in [0.5, 0.6) is 0 Å². The number of rotatable bonds is 2. The van der Waals surface area contributed by atoms with Crippen LogP contribution in [0.4, 0.5) is 0 Å². The van der Waals surface area contributed by atoms with Crippen LogP contribution in [0.3, 0.4) is 0 Å². The molecule has 142 valence electrons. The molecule has 0 saturated carbocycles. The monoisotopic (exact) mass is 376 g/mol. The molecule has 1 fully saturated rings. The average Bonchev–Trinajstić information content (AvgIpc) is 3.38. The van der Waals surface area contributed by atoms with Crippen molar-refractivity contribution in [3.8, 4) is 11.4 Å². The molecule has 3 aromatic rings. The highest BCUT2D eigenvalue weighted by Crippen LogP contribution is 2.43. The maximum Gasteiger partial charge on any atom is 0.271 e. The van der Waals surface area contributed by atoms with E-state index in [2.05, 4.69) is 20.2 Å². The van der Waals surface area contributed by atoms with Crippen molar-refractivity contribution in [1.82, 2.24) is 30.0 Å². The van der Waals surface area contributed by atoms with Gasteiger partial charge in [-0.15, -0.1) is 0 Å². The van der Waals surface area contributed by atoms with Crippen molar-refractivity contribution >= 4 is 5.91 Å². The third-order valence-corrected chi connectivity index (χ3v) is 5.90. The van der Waals surface area contributed by atoms with Crippen LogP contribution in [0, 0.1) is 0 Å². The number of aromatic nitrogens is 5. The second-order valence-corrected chi connectivity index (χ2v) is 7.56. The van der Waals surface area contributed by atoms with Gasteiger partial charge >= 0.3 is 0 Å². The largest absolute Gasteiger partial charge is 0.336 e. The molecule has 0 radical (unpaired) electrons. The Morgan fingerprint density at radius 3 is 2.93 bits per heavy atom. The number of amides is 1. The molecular weight excluding hydrogens is 356 g/mol. The quantitative estimate of drug-likeness (QED) is 0.707. The van der Waals surface area contributed by atoms with Gasteiger partial charge in [-0.2, -0.15) is 5.10 Å². The third-order valence-electron chi connectivity index (χ3n) is 5.90. The molecule has 4 heterocycles. The van der Waals surface area contributed by atoms with E-state index in [1.165, 1.54) is 0 Å². The van der Waals surface area contributed by atoms with Crippen molar-refractivity contribution in [3.05, 3.63) is 64.1 Å². The van der Waals surface area contributed by atoms with Gasteiger partial charge in [-0.3, -0.25) is 19.7 Å². The summed E-state index contributed by atoms with van der Waals surface area (Å²) >= 11 is 0. The summed E-state index contributed by atoms with van der Waals surface area (Å²) in [7, 11) is 0. The van der Waals surface area contributed by atoms with Crippen LogP contribution in [0.2, 0.25) is 0 Å². The molecule has 2 aliphatic rings. The number of piperidine rings is 1. The van der Waals surface area contributed by atoms with Crippen molar-refractivity contribution < 1.29 is 4.79 Å². The van der Waals surface area contributed by atoms with E-state index in [0.29, 0.717) is 31.0 Å². The number of fused-ring (bicyclic) bond motifs is 2. The highest BCUT2D eigenvalue weighted by atomic mass is 16.2. The van der Waals surface area contributed by atoms with Crippen LogP contribution in [-0.4, -0.2) is 49.0 Å². The second kappa shape index (κ2) is 6.40. The zero-order valence-corrected chi connectivity index (χ0v) is 15.3. The Balaban J connectivity index is 1.54. The first-order valence-electron chi connectivity index (χ1n) is 9.49. The van der Waals surface area contributed by atoms with Crippen molar-refractivity contribution in [2.24, 2.45) is 0 Å². The number of nitrogens with zero attached hydrogens (tertiary/aromatic N) is 4. The van der Waals surface area contributed by atoms with Crippen LogP contribution < -0.4 is 5.56 Å². The van der Waals surface area contributed by atoms with Crippen LogP contribution in [0.15, 0.2) is 41.6 Å². The third kappa shape index (κ3) is 2.64. The number of carbonyl (C=O) groups excluding carboxylic acids is 1. The maximum atomic E-state index is 12.8. The van der Waals surface area contributed by atoms with E-state index in [0.717, 1.165) is 36.1 Å². The Morgan fingerprint density at radius 1 is 1.21 bits per heavy atom. The Hall–Kier alpha value is -3.29. The van der Waals surface area contributed by atoms with Gasteiger partial charge in [-0.25, -0.2) is 4.98 Å². The summed E-state index contributed by atoms with van der Waals surface area (Å²) in [6, 6.07) is 5.40. The minimum absolute atomic E-state index is 0.0534. The first kappa shape index (κ1) is 16.9. The first-order chi connectivity index (χ1) is 13.7. The van der Waals surface area contributed by atoms with Gasteiger partial charge < -0.3 is 9.88 Å². The summed E-state index contributed by atoms with van der Waals surface area (Å²) in [5.74, 6) is 0.484. The lowest BCUT2D eigenvalue weighted by Crippen LogP contribution is -2.48. The molecule has 1 aliphatic heterocycles. The van der Waals surface area contributed by atoms with Crippen LogP contribution >= 0.6 is 0 Å². The van der Waals surface area contributed by atoms with Gasteiger partial charge in [0.25, 0.3) is 11.5 Å². The Bertz CT molecular complexity index is 1080. The number of nitrogens with one attached hydrogen (secondary N) is 2. The minimum atomic E-state index is -0.269. The molecule has 1 amide bonds. The number of aromatic amines is 2. The summed E-state index contributed by atoms with van der Waals surface area (Å²) in [5, 5.41) is 6.64. The van der Waals surface area contributed by atoms with Crippen LogP contribution in [0.25, 0.3) is 11.4 Å². The van der Waals surface area contributed by atoms with Gasteiger partial charge in [0.2, 0.25) is 0 Å². The van der Waals surface area contributed by atoms with Crippen molar-refractivity contribution in [1.29, 1.82) is 0 Å². The Kier molecular flexibility index (Phi) is 3.85. The standard InChI is InChI=1S/C20H20N6O2/c27-18-14-4-7-20(16(14)23-17(24-18)13-3-1-8-21-11-13)6-2-10-26(12-20)19(28)15-5-9-22-25-15/h1,3,5,8-9,11H,2,4,6-7,10,12H2,(H,22,25)(H,23,24,27). The molecular formula is C20H20N6O2. The average molecular weight is 376 g/mol. The topological polar surface area (TPSA) is 108 Å². The molecule has 0 bridgehead atoms. The van der Waals surface area contributed by atoms with Gasteiger partial charge in [-0.05, 0) is 43.9 Å². The fourth-order valence-electron chi connectivity index (χ4n) is 4.54. The van der Waals surface area contributed by atoms with Gasteiger partial charge in [0.1, 0.15) is 11.5 Å². The highest BCUT2D eigenvalue weighted by molar-refractivity contribution is 5.92. The number of H-pyrrole nitrogens is 2. The predicted octanol–water partition coefficient (Wildman–Crippen LogP) is 1.68. The summed E-state index contributed by atoms with van der Waals surface area (Å²) in [5.41, 5.74) is 2.52. The number of hydrogen-bond donors (Lipinski definition) is 2. The number of carbonyl (C=O) groups is 1. The number of pyridine rings is 1. The van der Waals surface area contributed by atoms with Gasteiger partial charge in [-0.1, -0.05) is 0 Å². The van der Waals surface area contributed by atoms with Gasteiger partial charge in [0, 0.05) is 48.2 Å². The molecule has 2 N–H and O–H groups in total. The van der Waals surface area contributed by atoms with E-state index in [9.17, 15) is 9.59 Å². The van der Waals surface area contributed by atoms with E-state index in [-0.39, 0.29) is 16.9 Å². The van der Waals surface area contributed by atoms with E-state index in [4.69, 9.17) is 4.98 Å². The molecule has 1 aliphatic carbocycles. The van der Waals surface area contributed by atoms with E-state index in [1.807, 2.05) is 17.0 Å². The molecule has 0 aromatic carbocycles. The van der Waals surface area contributed by atoms with Crippen molar-refractivity contribution in [3.63, 3.8) is 0 Å².